The van der Waals surface area contributed by atoms with Crippen LogP contribution in [-0.4, -0.2) is 46.8 Å². The lowest BCUT2D eigenvalue weighted by atomic mass is 9.49. The standard InChI is InChI=1S/C29H30N2O3/c1-16-3-7-21-19(11-16)12-20-14-29(32)23-13-18-6-8-22(33-2)26-24(18)28(29,27(34-26)25(20)30-21)9-10-31(23)15-17-4-5-17/h3,6-8,11-12,17,23,27,32H,4-5,9-10,13-15H2,1-2H3/t23-,27?,28-,29?/m0/s1. The van der Waals surface area contributed by atoms with Gasteiger partial charge in [0.1, 0.15) is 0 Å². The van der Waals surface area contributed by atoms with Gasteiger partial charge >= 0.3 is 0 Å². The number of aryl methyl sites for hydroxylation is 1. The summed E-state index contributed by atoms with van der Waals surface area (Å²) in [4.78, 5) is 7.79. The molecule has 2 aliphatic heterocycles. The zero-order valence-corrected chi connectivity index (χ0v) is 19.8. The number of aromatic nitrogens is 1. The van der Waals surface area contributed by atoms with Crippen LogP contribution in [0.3, 0.4) is 0 Å². The van der Waals surface area contributed by atoms with Crippen LogP contribution in [0, 0.1) is 12.8 Å². The lowest BCUT2D eigenvalue weighted by molar-refractivity contribution is -0.173. The molecule has 0 amide bonds. The van der Waals surface area contributed by atoms with Crippen LogP contribution in [0.25, 0.3) is 10.9 Å². The average molecular weight is 455 g/mol. The van der Waals surface area contributed by atoms with E-state index < -0.39 is 11.0 Å². The normalized spacial score (nSPS) is 32.8. The zero-order valence-electron chi connectivity index (χ0n) is 19.8. The van der Waals surface area contributed by atoms with E-state index in [-0.39, 0.29) is 12.1 Å². The Morgan fingerprint density at radius 3 is 2.88 bits per heavy atom. The molecule has 2 fully saturated rings. The Bertz CT molecular complexity index is 1380. The van der Waals surface area contributed by atoms with Crippen LogP contribution in [0.2, 0.25) is 0 Å². The van der Waals surface area contributed by atoms with Crippen LogP contribution in [0.4, 0.5) is 0 Å². The number of methoxy groups -OCH3 is 1. The second kappa shape index (κ2) is 6.32. The van der Waals surface area contributed by atoms with Gasteiger partial charge in [0.25, 0.3) is 0 Å². The van der Waals surface area contributed by atoms with Crippen molar-refractivity contribution >= 4 is 10.9 Å². The molecule has 0 radical (unpaired) electrons. The molecule has 5 heteroatoms. The highest BCUT2D eigenvalue weighted by Crippen LogP contribution is 2.68. The van der Waals surface area contributed by atoms with E-state index in [1.807, 2.05) is 6.07 Å². The van der Waals surface area contributed by atoms with Crippen LogP contribution in [0.1, 0.15) is 53.3 Å². The number of nitrogens with zero attached hydrogens (tertiary/aromatic N) is 2. The first-order chi connectivity index (χ1) is 16.5. The number of rotatable bonds is 3. The maximum atomic E-state index is 12.9. The van der Waals surface area contributed by atoms with E-state index in [1.165, 1.54) is 29.5 Å². The third-order valence-corrected chi connectivity index (χ3v) is 9.51. The summed E-state index contributed by atoms with van der Waals surface area (Å²) in [6.07, 6.45) is 4.74. The smallest absolute Gasteiger partial charge is 0.166 e. The van der Waals surface area contributed by atoms with Gasteiger partial charge in [0.15, 0.2) is 17.6 Å². The molecule has 5 nitrogen and oxygen atoms in total. The lowest BCUT2D eigenvalue weighted by Gasteiger charge is -2.63. The van der Waals surface area contributed by atoms with Gasteiger partial charge in [-0.3, -0.25) is 4.90 Å². The number of fused-ring (bicyclic) bond motifs is 3. The van der Waals surface area contributed by atoms with Gasteiger partial charge in [0.2, 0.25) is 0 Å². The molecule has 174 valence electrons. The molecular weight excluding hydrogens is 424 g/mol. The first-order valence-electron chi connectivity index (χ1n) is 12.8. The van der Waals surface area contributed by atoms with Crippen LogP contribution >= 0.6 is 0 Å². The zero-order chi connectivity index (χ0) is 22.8. The molecule has 34 heavy (non-hydrogen) atoms. The number of aliphatic hydroxyl groups is 1. The van der Waals surface area contributed by atoms with E-state index in [9.17, 15) is 5.11 Å². The summed E-state index contributed by atoms with van der Waals surface area (Å²) in [7, 11) is 1.71. The molecule has 2 unspecified atom stereocenters. The predicted molar refractivity (Wildman–Crippen MR) is 130 cm³/mol. The highest BCUT2D eigenvalue weighted by molar-refractivity contribution is 5.81. The third kappa shape index (κ3) is 2.26. The van der Waals surface area contributed by atoms with E-state index in [0.717, 1.165) is 65.5 Å². The molecule has 1 saturated heterocycles. The summed E-state index contributed by atoms with van der Waals surface area (Å²) in [5.41, 5.74) is 5.50. The van der Waals surface area contributed by atoms with E-state index in [0.29, 0.717) is 6.42 Å². The second-order valence-electron chi connectivity index (χ2n) is 11.3. The van der Waals surface area contributed by atoms with Crippen molar-refractivity contribution in [1.29, 1.82) is 0 Å². The quantitative estimate of drug-likeness (QED) is 0.641. The molecule has 8 rings (SSSR count). The van der Waals surface area contributed by atoms with Crippen molar-refractivity contribution in [1.82, 2.24) is 9.88 Å². The lowest BCUT2D eigenvalue weighted by Crippen LogP contribution is -2.74. The highest BCUT2D eigenvalue weighted by atomic mass is 16.5. The minimum Gasteiger partial charge on any atom is -0.493 e. The highest BCUT2D eigenvalue weighted by Gasteiger charge is 2.72. The van der Waals surface area contributed by atoms with E-state index in [2.05, 4.69) is 42.2 Å². The molecule has 2 bridgehead atoms. The van der Waals surface area contributed by atoms with Crippen molar-refractivity contribution in [3.05, 3.63) is 64.3 Å². The summed E-state index contributed by atoms with van der Waals surface area (Å²) >= 11 is 0. The molecule has 1 spiro atoms. The maximum absolute atomic E-state index is 12.9. The Balaban J connectivity index is 1.40. The molecule has 1 saturated carbocycles. The predicted octanol–water partition coefficient (Wildman–Crippen LogP) is 4.25. The molecule has 3 aliphatic carbocycles. The topological polar surface area (TPSA) is 54.8 Å². The van der Waals surface area contributed by atoms with Crippen molar-refractivity contribution in [3.8, 4) is 11.5 Å². The number of pyridine rings is 1. The summed E-state index contributed by atoms with van der Waals surface area (Å²) in [6, 6.07) is 13.0. The summed E-state index contributed by atoms with van der Waals surface area (Å²) in [5.74, 6) is 2.39. The van der Waals surface area contributed by atoms with E-state index in [1.54, 1.807) is 7.11 Å². The van der Waals surface area contributed by atoms with Crippen molar-refractivity contribution in [2.45, 2.75) is 62.2 Å². The van der Waals surface area contributed by atoms with Crippen LogP contribution in [0.5, 0.6) is 11.5 Å². The van der Waals surface area contributed by atoms with Crippen molar-refractivity contribution in [2.75, 3.05) is 20.2 Å². The first kappa shape index (κ1) is 19.7. The summed E-state index contributed by atoms with van der Waals surface area (Å²) in [5, 5.41) is 14.0. The monoisotopic (exact) mass is 454 g/mol. The Kier molecular flexibility index (Phi) is 3.65. The SMILES string of the molecule is COc1ccc2c3c1OC1c4nc5ccc(C)cc5cc4CC4(O)[C@H](C2)N(CC2CC2)CC[C@]314. The Hall–Kier alpha value is -2.63. The van der Waals surface area contributed by atoms with Gasteiger partial charge in [-0.25, -0.2) is 4.98 Å². The molecule has 5 aliphatic rings. The minimum absolute atomic E-state index is 0.0983. The fourth-order valence-electron chi connectivity index (χ4n) is 7.82. The Morgan fingerprint density at radius 1 is 1.18 bits per heavy atom. The number of ether oxygens (including phenoxy) is 2. The first-order valence-corrected chi connectivity index (χ1v) is 12.8. The molecule has 3 heterocycles. The number of benzene rings is 2. The fourth-order valence-corrected chi connectivity index (χ4v) is 7.82. The van der Waals surface area contributed by atoms with Gasteiger partial charge in [-0.2, -0.15) is 0 Å². The average Bonchev–Trinajstić information content (AvgIpc) is 3.56. The van der Waals surface area contributed by atoms with E-state index in [4.69, 9.17) is 14.5 Å². The molecule has 1 N–H and O–H groups in total. The summed E-state index contributed by atoms with van der Waals surface area (Å²) < 4.78 is 12.6. The van der Waals surface area contributed by atoms with Crippen molar-refractivity contribution in [3.63, 3.8) is 0 Å². The van der Waals surface area contributed by atoms with Gasteiger partial charge in [0, 0.05) is 30.0 Å². The Morgan fingerprint density at radius 2 is 2.06 bits per heavy atom. The van der Waals surface area contributed by atoms with Crippen molar-refractivity contribution in [2.24, 2.45) is 5.92 Å². The number of likely N-dealkylation sites (tertiary alicyclic amines) is 1. The van der Waals surface area contributed by atoms with Gasteiger partial charge in [0.05, 0.1) is 29.3 Å². The van der Waals surface area contributed by atoms with Crippen LogP contribution in [0.15, 0.2) is 36.4 Å². The minimum atomic E-state index is -0.887. The fraction of sp³-hybridized carbons (Fsp3) is 0.483. The second-order valence-corrected chi connectivity index (χ2v) is 11.3. The van der Waals surface area contributed by atoms with Gasteiger partial charge < -0.3 is 14.6 Å². The van der Waals surface area contributed by atoms with Gasteiger partial charge in [-0.15, -0.1) is 0 Å². The maximum Gasteiger partial charge on any atom is 0.166 e. The van der Waals surface area contributed by atoms with Crippen LogP contribution in [-0.2, 0) is 18.3 Å². The van der Waals surface area contributed by atoms with Crippen molar-refractivity contribution < 1.29 is 14.6 Å². The molecule has 1 aromatic heterocycles. The van der Waals surface area contributed by atoms with E-state index >= 15 is 0 Å². The van der Waals surface area contributed by atoms with Gasteiger partial charge in [-0.1, -0.05) is 17.7 Å². The van der Waals surface area contributed by atoms with Gasteiger partial charge in [-0.05, 0) is 80.5 Å². The molecule has 3 aromatic rings. The molecular formula is C29H30N2O3. The number of hydrogen-bond acceptors (Lipinski definition) is 5. The van der Waals surface area contributed by atoms with Crippen LogP contribution < -0.4 is 9.47 Å². The summed E-state index contributed by atoms with van der Waals surface area (Å²) in [6.45, 7) is 4.23. The third-order valence-electron chi connectivity index (χ3n) is 9.51. The largest absolute Gasteiger partial charge is 0.493 e. The Labute approximate surface area is 199 Å². The molecule has 4 atom stereocenters. The number of piperidine rings is 1. The number of hydrogen-bond donors (Lipinski definition) is 1. The molecule has 2 aromatic carbocycles.